The van der Waals surface area contributed by atoms with Crippen molar-refractivity contribution < 1.29 is 19.4 Å². The Morgan fingerprint density at radius 2 is 1.79 bits per heavy atom. The lowest BCUT2D eigenvalue weighted by Crippen LogP contribution is -2.38. The van der Waals surface area contributed by atoms with Crippen LogP contribution in [0.1, 0.15) is 45.1 Å². The van der Waals surface area contributed by atoms with Gasteiger partial charge in [-0.1, -0.05) is 53.8 Å². The number of aromatic carboxylic acids is 1. The second-order valence-electron chi connectivity index (χ2n) is 9.16. The molecule has 0 radical (unpaired) electrons. The molecule has 0 saturated heterocycles. The van der Waals surface area contributed by atoms with Gasteiger partial charge in [-0.3, -0.25) is 9.36 Å². The van der Waals surface area contributed by atoms with E-state index in [1.807, 2.05) is 30.3 Å². The maximum atomic E-state index is 13.9. The van der Waals surface area contributed by atoms with Crippen LogP contribution in [0.3, 0.4) is 0 Å². The van der Waals surface area contributed by atoms with Gasteiger partial charge >= 0.3 is 5.97 Å². The number of rotatable bonds is 5. The van der Waals surface area contributed by atoms with Gasteiger partial charge in [0.1, 0.15) is 0 Å². The fourth-order valence-electron chi connectivity index (χ4n) is 5.22. The van der Waals surface area contributed by atoms with Gasteiger partial charge < -0.3 is 14.6 Å². The summed E-state index contributed by atoms with van der Waals surface area (Å²) < 4.78 is 13.4. The molecule has 38 heavy (non-hydrogen) atoms. The summed E-state index contributed by atoms with van der Waals surface area (Å²) in [5.41, 5.74) is 6.09. The third kappa shape index (κ3) is 3.94. The Balaban J connectivity index is 1.58. The number of hydrogen-bond acceptors (Lipinski definition) is 6. The number of carboxylic acids is 1. The van der Waals surface area contributed by atoms with Crippen molar-refractivity contribution in [2.75, 3.05) is 14.2 Å². The predicted octanol–water partition coefficient (Wildman–Crippen LogP) is 4.03. The molecule has 1 aliphatic heterocycles. The van der Waals surface area contributed by atoms with Crippen molar-refractivity contribution in [3.8, 4) is 11.5 Å². The molecule has 3 aromatic carbocycles. The fourth-order valence-corrected chi connectivity index (χ4v) is 6.22. The van der Waals surface area contributed by atoms with E-state index < -0.39 is 5.97 Å². The lowest BCUT2D eigenvalue weighted by Gasteiger charge is -2.31. The van der Waals surface area contributed by atoms with E-state index in [1.54, 1.807) is 37.0 Å². The summed E-state index contributed by atoms with van der Waals surface area (Å²) >= 11 is 1.34. The molecule has 190 valence electrons. The van der Waals surface area contributed by atoms with Gasteiger partial charge in [-0.05, 0) is 65.4 Å². The van der Waals surface area contributed by atoms with Crippen molar-refractivity contribution in [3.63, 3.8) is 0 Å². The van der Waals surface area contributed by atoms with Crippen molar-refractivity contribution >= 4 is 29.1 Å². The highest BCUT2D eigenvalue weighted by Crippen LogP contribution is 2.42. The highest BCUT2D eigenvalue weighted by molar-refractivity contribution is 7.07. The summed E-state index contributed by atoms with van der Waals surface area (Å²) in [4.78, 5) is 30.8. The van der Waals surface area contributed by atoms with Crippen LogP contribution in [0.25, 0.3) is 11.8 Å². The molecule has 0 unspecified atom stereocenters. The zero-order chi connectivity index (χ0) is 26.4. The second kappa shape index (κ2) is 9.46. The minimum atomic E-state index is -0.989. The topological polar surface area (TPSA) is 90.1 Å². The van der Waals surface area contributed by atoms with Crippen molar-refractivity contribution in [1.82, 2.24) is 4.57 Å². The fraction of sp³-hybridized carbons (Fsp3) is 0.167. The zero-order valence-corrected chi connectivity index (χ0v) is 21.6. The highest BCUT2D eigenvalue weighted by atomic mass is 32.1. The van der Waals surface area contributed by atoms with E-state index in [4.69, 9.17) is 14.5 Å². The minimum absolute atomic E-state index is 0.138. The van der Waals surface area contributed by atoms with Crippen molar-refractivity contribution in [2.45, 2.75) is 18.9 Å². The number of nitrogens with zero attached hydrogens (tertiary/aromatic N) is 2. The van der Waals surface area contributed by atoms with E-state index in [2.05, 4.69) is 12.1 Å². The molecule has 1 aliphatic carbocycles. The van der Waals surface area contributed by atoms with Crippen LogP contribution < -0.4 is 24.4 Å². The Kier molecular flexibility index (Phi) is 5.96. The van der Waals surface area contributed by atoms with Gasteiger partial charge in [0.05, 0.1) is 36.1 Å². The SMILES string of the molecule is COc1ccc([C@H]2C3=C(N=c4sc(=Cc5ccc(C(=O)O)cc5)c(=O)n42)c2ccccc2CC3)cc1OC. The van der Waals surface area contributed by atoms with Crippen LogP contribution in [0.5, 0.6) is 11.5 Å². The molecule has 0 spiro atoms. The number of allylic oxidation sites excluding steroid dienone is 1. The average molecular weight is 525 g/mol. The Morgan fingerprint density at radius 3 is 2.53 bits per heavy atom. The van der Waals surface area contributed by atoms with Gasteiger partial charge in [0.15, 0.2) is 16.3 Å². The predicted molar refractivity (Wildman–Crippen MR) is 146 cm³/mol. The largest absolute Gasteiger partial charge is 0.493 e. The molecule has 7 nitrogen and oxygen atoms in total. The third-order valence-corrected chi connectivity index (χ3v) is 8.03. The van der Waals surface area contributed by atoms with Gasteiger partial charge in [-0.25, -0.2) is 9.79 Å². The quantitative estimate of drug-likeness (QED) is 0.426. The normalized spacial score (nSPS) is 16.3. The van der Waals surface area contributed by atoms with Crippen LogP contribution in [-0.4, -0.2) is 29.9 Å². The number of carboxylic acid groups (broad SMARTS) is 1. The van der Waals surface area contributed by atoms with E-state index in [9.17, 15) is 14.7 Å². The number of thiazole rings is 1. The second-order valence-corrected chi connectivity index (χ2v) is 10.2. The van der Waals surface area contributed by atoms with Gasteiger partial charge in [0.25, 0.3) is 5.56 Å². The zero-order valence-electron chi connectivity index (χ0n) is 20.8. The van der Waals surface area contributed by atoms with Crippen LogP contribution >= 0.6 is 11.3 Å². The summed E-state index contributed by atoms with van der Waals surface area (Å²) in [6, 6.07) is 20.2. The molecule has 0 bridgehead atoms. The van der Waals surface area contributed by atoms with E-state index in [1.165, 1.54) is 29.0 Å². The Hall–Kier alpha value is -4.43. The maximum absolute atomic E-state index is 13.9. The maximum Gasteiger partial charge on any atom is 0.335 e. The number of methoxy groups -OCH3 is 2. The number of carbonyl (C=O) groups is 1. The first-order valence-electron chi connectivity index (χ1n) is 12.2. The lowest BCUT2D eigenvalue weighted by molar-refractivity contribution is 0.0697. The van der Waals surface area contributed by atoms with Crippen LogP contribution in [0.4, 0.5) is 0 Å². The van der Waals surface area contributed by atoms with Crippen LogP contribution in [0.15, 0.2) is 82.1 Å². The Morgan fingerprint density at radius 1 is 1.03 bits per heavy atom. The molecule has 6 rings (SSSR count). The van der Waals surface area contributed by atoms with Gasteiger partial charge in [0, 0.05) is 5.56 Å². The van der Waals surface area contributed by atoms with Gasteiger partial charge in [0.2, 0.25) is 0 Å². The average Bonchev–Trinajstić information content (AvgIpc) is 3.25. The summed E-state index contributed by atoms with van der Waals surface area (Å²) in [7, 11) is 3.20. The number of ether oxygens (including phenoxy) is 2. The van der Waals surface area contributed by atoms with E-state index in [0.717, 1.165) is 40.8 Å². The summed E-state index contributed by atoms with van der Waals surface area (Å²) in [6.07, 6.45) is 3.45. The number of aryl methyl sites for hydroxylation is 1. The van der Waals surface area contributed by atoms with Crippen LogP contribution in [0, 0.1) is 0 Å². The van der Waals surface area contributed by atoms with Crippen molar-refractivity contribution in [1.29, 1.82) is 0 Å². The molecule has 0 fully saturated rings. The van der Waals surface area contributed by atoms with Gasteiger partial charge in [-0.15, -0.1) is 0 Å². The molecule has 8 heteroatoms. The first-order valence-corrected chi connectivity index (χ1v) is 13.0. The lowest BCUT2D eigenvalue weighted by atomic mass is 9.83. The van der Waals surface area contributed by atoms with Crippen molar-refractivity contribution in [2.24, 2.45) is 4.99 Å². The highest BCUT2D eigenvalue weighted by Gasteiger charge is 2.33. The first kappa shape index (κ1) is 23.9. The van der Waals surface area contributed by atoms with Crippen molar-refractivity contribution in [3.05, 3.63) is 120 Å². The Labute approximate surface area is 222 Å². The summed E-state index contributed by atoms with van der Waals surface area (Å²) in [5, 5.41) is 9.20. The number of aromatic nitrogens is 1. The molecule has 4 aromatic rings. The molecule has 1 N–H and O–H groups in total. The Bertz CT molecular complexity index is 1800. The minimum Gasteiger partial charge on any atom is -0.493 e. The van der Waals surface area contributed by atoms with Crippen LogP contribution in [-0.2, 0) is 6.42 Å². The molecular weight excluding hydrogens is 500 g/mol. The molecule has 0 saturated carbocycles. The summed E-state index contributed by atoms with van der Waals surface area (Å²) in [6.45, 7) is 0. The van der Waals surface area contributed by atoms with Gasteiger partial charge in [-0.2, -0.15) is 0 Å². The number of fused-ring (bicyclic) bond motifs is 3. The molecule has 1 aromatic heterocycles. The number of benzene rings is 3. The molecule has 2 heterocycles. The molecule has 2 aliphatic rings. The van der Waals surface area contributed by atoms with E-state index in [0.29, 0.717) is 20.8 Å². The van der Waals surface area contributed by atoms with E-state index >= 15 is 0 Å². The summed E-state index contributed by atoms with van der Waals surface area (Å²) in [5.74, 6) is 0.231. The smallest absolute Gasteiger partial charge is 0.335 e. The molecular formula is C30H24N2O5S. The van der Waals surface area contributed by atoms with Crippen LogP contribution in [0.2, 0.25) is 0 Å². The monoisotopic (exact) mass is 524 g/mol. The molecule has 1 atom stereocenters. The molecule has 0 amide bonds. The number of hydrogen-bond donors (Lipinski definition) is 1. The first-order chi connectivity index (χ1) is 18.5. The third-order valence-electron chi connectivity index (χ3n) is 7.05. The standard InChI is InChI=1S/C30H24N2O5S/c1-36-23-14-12-20(16-24(23)37-2)27-22-13-11-18-5-3-4-6-21(18)26(22)31-30-32(27)28(33)25(38-30)15-17-7-9-19(10-8-17)29(34)35/h3-10,12,14-16,27H,11,13H2,1-2H3,(H,34,35)/t27-/m0/s1. The van der Waals surface area contributed by atoms with E-state index in [-0.39, 0.29) is 17.2 Å².